The minimum atomic E-state index is -0.744. The van der Waals surface area contributed by atoms with Crippen molar-refractivity contribution in [2.45, 2.75) is 6.92 Å². The number of carbonyl (C=O) groups excluding carboxylic acids is 3. The number of aliphatic hydroxyl groups excluding tert-OH is 1. The van der Waals surface area contributed by atoms with E-state index in [0.29, 0.717) is 11.1 Å². The number of esters is 2. The van der Waals surface area contributed by atoms with Crippen molar-refractivity contribution in [1.29, 1.82) is 0 Å². The van der Waals surface area contributed by atoms with E-state index in [1.165, 1.54) is 69.7 Å². The average Bonchev–Trinajstić information content (AvgIpc) is 2.91. The van der Waals surface area contributed by atoms with E-state index in [1.54, 1.807) is 36.4 Å². The summed E-state index contributed by atoms with van der Waals surface area (Å²) in [7, 11) is 2.82. The summed E-state index contributed by atoms with van der Waals surface area (Å²) in [6, 6.07) is 15.5. The predicted molar refractivity (Wildman–Crippen MR) is 144 cm³/mol. The highest BCUT2D eigenvalue weighted by Gasteiger charge is 2.18. The van der Waals surface area contributed by atoms with Crippen LogP contribution in [0.4, 0.5) is 0 Å². The maximum absolute atomic E-state index is 12.7. The Bertz CT molecular complexity index is 1470. The maximum atomic E-state index is 12.7. The number of phenolic OH excluding ortho intramolecular Hbond substituents is 1. The summed E-state index contributed by atoms with van der Waals surface area (Å²) in [5, 5.41) is 19.8. The number of allylic oxidation sites excluding steroid dienone is 3. The van der Waals surface area contributed by atoms with E-state index in [0.717, 1.165) is 6.08 Å². The number of carbonyl (C=O) groups is 3. The van der Waals surface area contributed by atoms with Crippen LogP contribution in [0.1, 0.15) is 28.4 Å². The second-order valence-electron chi connectivity index (χ2n) is 7.96. The largest absolute Gasteiger partial charge is 0.508 e. The van der Waals surface area contributed by atoms with Gasteiger partial charge in [0.2, 0.25) is 0 Å². The van der Waals surface area contributed by atoms with Crippen molar-refractivity contribution in [3.05, 3.63) is 101 Å². The normalized spacial score (nSPS) is 11.4. The molecule has 0 spiro atoms. The van der Waals surface area contributed by atoms with Crippen LogP contribution >= 0.6 is 0 Å². The molecule has 0 amide bonds. The van der Waals surface area contributed by atoms with Crippen LogP contribution < -0.4 is 18.9 Å². The molecular weight excluding hydrogens is 504 g/mol. The Morgan fingerprint density at radius 3 is 2.08 bits per heavy atom. The van der Waals surface area contributed by atoms with Crippen LogP contribution in [0.5, 0.6) is 28.7 Å². The molecule has 3 aromatic carbocycles. The number of aliphatic hydroxyl groups is 1. The monoisotopic (exact) mass is 530 g/mol. The molecule has 0 aliphatic rings. The van der Waals surface area contributed by atoms with E-state index in [1.807, 2.05) is 0 Å². The summed E-state index contributed by atoms with van der Waals surface area (Å²) in [5.74, 6) is -1.37. The Kier molecular flexibility index (Phi) is 9.64. The van der Waals surface area contributed by atoms with Crippen molar-refractivity contribution in [1.82, 2.24) is 0 Å². The summed E-state index contributed by atoms with van der Waals surface area (Å²) in [4.78, 5) is 36.2. The summed E-state index contributed by atoms with van der Waals surface area (Å²) < 4.78 is 20.9. The SMILES string of the molecule is COc1cc(/C=C/C(=O)C=C(O)/C=C/c2ccc(OC(=O)c3ccccc3OC(C)=O)c(OC)c2)ccc1O. The van der Waals surface area contributed by atoms with E-state index in [2.05, 4.69) is 0 Å². The molecule has 0 saturated carbocycles. The quantitative estimate of drug-likeness (QED) is 0.118. The highest BCUT2D eigenvalue weighted by atomic mass is 16.6. The van der Waals surface area contributed by atoms with Gasteiger partial charge in [-0.25, -0.2) is 4.79 Å². The number of hydrogen-bond acceptors (Lipinski definition) is 9. The van der Waals surface area contributed by atoms with E-state index >= 15 is 0 Å². The molecule has 0 saturated heterocycles. The minimum absolute atomic E-state index is 0.0175. The maximum Gasteiger partial charge on any atom is 0.347 e. The Labute approximate surface area is 224 Å². The Balaban J connectivity index is 1.69. The lowest BCUT2D eigenvalue weighted by atomic mass is 10.1. The molecule has 0 unspecified atom stereocenters. The first kappa shape index (κ1) is 28.3. The van der Waals surface area contributed by atoms with Crippen LogP contribution in [0.15, 0.2) is 84.7 Å². The molecule has 0 aliphatic carbocycles. The molecule has 9 nitrogen and oxygen atoms in total. The summed E-state index contributed by atoms with van der Waals surface area (Å²) in [6.45, 7) is 1.23. The standard InChI is InChI=1S/C30H26O9/c1-19(31)38-26-7-5-4-6-24(26)30(35)39-27-15-11-21(17-29(27)37-3)9-13-23(33)18-22(32)12-8-20-10-14-25(34)28(16-20)36-2/h4-18,33-34H,1-3H3/b12-8+,13-9+,23-18?. The number of rotatable bonds is 10. The second-order valence-corrected chi connectivity index (χ2v) is 7.96. The van der Waals surface area contributed by atoms with Gasteiger partial charge in [0.05, 0.1) is 14.2 Å². The lowest BCUT2D eigenvalue weighted by Gasteiger charge is -2.12. The fraction of sp³-hybridized carbons (Fsp3) is 0.100. The van der Waals surface area contributed by atoms with Gasteiger partial charge in [-0.2, -0.15) is 0 Å². The molecule has 0 fully saturated rings. The van der Waals surface area contributed by atoms with Crippen LogP contribution in [-0.4, -0.2) is 42.2 Å². The summed E-state index contributed by atoms with van der Waals surface area (Å²) >= 11 is 0. The van der Waals surface area contributed by atoms with Gasteiger partial charge in [-0.05, 0) is 59.7 Å². The average molecular weight is 531 g/mol. The number of phenols is 1. The number of para-hydroxylation sites is 1. The highest BCUT2D eigenvalue weighted by molar-refractivity contribution is 6.02. The second kappa shape index (κ2) is 13.3. The fourth-order valence-electron chi connectivity index (χ4n) is 3.31. The van der Waals surface area contributed by atoms with Gasteiger partial charge in [-0.15, -0.1) is 0 Å². The van der Waals surface area contributed by atoms with Gasteiger partial charge in [-0.1, -0.05) is 36.4 Å². The van der Waals surface area contributed by atoms with Gasteiger partial charge in [0.25, 0.3) is 0 Å². The number of hydrogen-bond donors (Lipinski definition) is 2. The minimum Gasteiger partial charge on any atom is -0.508 e. The molecule has 3 rings (SSSR count). The molecule has 200 valence electrons. The third-order valence-electron chi connectivity index (χ3n) is 5.13. The van der Waals surface area contributed by atoms with E-state index in [9.17, 15) is 24.6 Å². The molecule has 3 aromatic rings. The molecule has 0 atom stereocenters. The van der Waals surface area contributed by atoms with Gasteiger partial charge in [-0.3, -0.25) is 9.59 Å². The molecule has 0 aromatic heterocycles. The third kappa shape index (κ3) is 8.09. The zero-order valence-electron chi connectivity index (χ0n) is 21.4. The first-order valence-corrected chi connectivity index (χ1v) is 11.6. The Morgan fingerprint density at radius 1 is 0.744 bits per heavy atom. The Hall–Kier alpha value is -5.31. The molecule has 0 aliphatic heterocycles. The van der Waals surface area contributed by atoms with E-state index in [-0.39, 0.29) is 40.1 Å². The molecule has 0 radical (unpaired) electrons. The molecule has 0 bridgehead atoms. The van der Waals surface area contributed by atoms with E-state index in [4.69, 9.17) is 18.9 Å². The van der Waals surface area contributed by atoms with Crippen molar-refractivity contribution in [3.8, 4) is 28.7 Å². The van der Waals surface area contributed by atoms with Crippen molar-refractivity contribution in [3.63, 3.8) is 0 Å². The summed E-state index contributed by atoms with van der Waals surface area (Å²) in [5.41, 5.74) is 1.28. The lowest BCUT2D eigenvalue weighted by molar-refractivity contribution is -0.131. The third-order valence-corrected chi connectivity index (χ3v) is 5.13. The lowest BCUT2D eigenvalue weighted by Crippen LogP contribution is -2.13. The van der Waals surface area contributed by atoms with Crippen molar-refractivity contribution < 1.29 is 43.5 Å². The number of benzene rings is 3. The first-order chi connectivity index (χ1) is 18.7. The first-order valence-electron chi connectivity index (χ1n) is 11.6. The van der Waals surface area contributed by atoms with Gasteiger partial charge in [0.15, 0.2) is 28.8 Å². The number of ether oxygens (including phenoxy) is 4. The zero-order chi connectivity index (χ0) is 28.4. The van der Waals surface area contributed by atoms with Gasteiger partial charge < -0.3 is 29.2 Å². The van der Waals surface area contributed by atoms with Crippen molar-refractivity contribution >= 4 is 29.9 Å². The highest BCUT2D eigenvalue weighted by Crippen LogP contribution is 2.31. The van der Waals surface area contributed by atoms with E-state index < -0.39 is 17.7 Å². The van der Waals surface area contributed by atoms with Gasteiger partial charge >= 0.3 is 11.9 Å². The molecule has 9 heteroatoms. The van der Waals surface area contributed by atoms with Crippen LogP contribution in [-0.2, 0) is 9.59 Å². The smallest absolute Gasteiger partial charge is 0.347 e. The molecular formula is C30H26O9. The van der Waals surface area contributed by atoms with Crippen molar-refractivity contribution in [2.75, 3.05) is 14.2 Å². The summed E-state index contributed by atoms with van der Waals surface area (Å²) in [6.07, 6.45) is 6.69. The Morgan fingerprint density at radius 2 is 1.38 bits per heavy atom. The van der Waals surface area contributed by atoms with Crippen LogP contribution in [0.25, 0.3) is 12.2 Å². The topological polar surface area (TPSA) is 129 Å². The molecule has 39 heavy (non-hydrogen) atoms. The van der Waals surface area contributed by atoms with Crippen LogP contribution in [0, 0.1) is 0 Å². The molecule has 2 N–H and O–H groups in total. The van der Waals surface area contributed by atoms with Gasteiger partial charge in [0, 0.05) is 13.0 Å². The number of methoxy groups -OCH3 is 2. The van der Waals surface area contributed by atoms with Crippen LogP contribution in [0.3, 0.4) is 0 Å². The number of aromatic hydroxyl groups is 1. The van der Waals surface area contributed by atoms with Crippen molar-refractivity contribution in [2.24, 2.45) is 0 Å². The predicted octanol–water partition coefficient (Wildman–Crippen LogP) is 5.29. The van der Waals surface area contributed by atoms with Crippen LogP contribution in [0.2, 0.25) is 0 Å². The molecule has 0 heterocycles. The fourth-order valence-corrected chi connectivity index (χ4v) is 3.31. The van der Waals surface area contributed by atoms with Gasteiger partial charge in [0.1, 0.15) is 17.1 Å². The number of ketones is 1. The zero-order valence-corrected chi connectivity index (χ0v) is 21.4.